The van der Waals surface area contributed by atoms with Gasteiger partial charge in [-0.15, -0.1) is 0 Å². The van der Waals surface area contributed by atoms with Gasteiger partial charge in [-0.2, -0.15) is 0 Å². The minimum atomic E-state index is -0.781. The highest BCUT2D eigenvalue weighted by Crippen LogP contribution is 2.29. The average molecular weight is 266 g/mol. The maximum atomic E-state index is 11.2. The second-order valence-corrected chi connectivity index (χ2v) is 4.70. The summed E-state index contributed by atoms with van der Waals surface area (Å²) in [5.41, 5.74) is -0.736. The molecule has 1 unspecified atom stereocenters. The van der Waals surface area contributed by atoms with Crippen LogP contribution in [-0.4, -0.2) is 24.3 Å². The van der Waals surface area contributed by atoms with Gasteiger partial charge < -0.3 is 14.6 Å². The summed E-state index contributed by atoms with van der Waals surface area (Å²) in [6.45, 7) is 6.47. The molecule has 106 valence electrons. The molecule has 1 aromatic carbocycles. The standard InChI is InChI=1S/C15H22O4/c1-4-15(3,14(16)17)10-11-19-13-9-7-6-8-12(13)18-5-2/h6-9H,4-5,10-11H2,1-3H3,(H,16,17). The molecule has 19 heavy (non-hydrogen) atoms. The average Bonchev–Trinajstić information content (AvgIpc) is 2.40. The Labute approximate surface area is 114 Å². The normalized spacial score (nSPS) is 13.6. The van der Waals surface area contributed by atoms with Crippen molar-refractivity contribution in [3.05, 3.63) is 24.3 Å². The van der Waals surface area contributed by atoms with Crippen LogP contribution >= 0.6 is 0 Å². The molecule has 0 saturated heterocycles. The summed E-state index contributed by atoms with van der Waals surface area (Å²) < 4.78 is 11.1. The predicted molar refractivity (Wildman–Crippen MR) is 73.8 cm³/mol. The second-order valence-electron chi connectivity index (χ2n) is 4.70. The van der Waals surface area contributed by atoms with E-state index < -0.39 is 11.4 Å². The quantitative estimate of drug-likeness (QED) is 0.784. The van der Waals surface area contributed by atoms with E-state index in [0.717, 1.165) is 0 Å². The molecule has 0 aliphatic heterocycles. The molecule has 0 heterocycles. The summed E-state index contributed by atoms with van der Waals surface area (Å²) in [5.74, 6) is 0.573. The third-order valence-corrected chi connectivity index (χ3v) is 3.36. The van der Waals surface area contributed by atoms with Gasteiger partial charge in [-0.25, -0.2) is 0 Å². The van der Waals surface area contributed by atoms with E-state index in [1.807, 2.05) is 38.1 Å². The molecule has 0 saturated carbocycles. The SMILES string of the molecule is CCOc1ccccc1OCCC(C)(CC)C(=O)O. The molecule has 0 bridgehead atoms. The van der Waals surface area contributed by atoms with E-state index in [4.69, 9.17) is 9.47 Å². The van der Waals surface area contributed by atoms with Crippen LogP contribution in [0.1, 0.15) is 33.6 Å². The van der Waals surface area contributed by atoms with Crippen molar-refractivity contribution >= 4 is 5.97 Å². The third kappa shape index (κ3) is 4.16. The molecule has 1 aromatic rings. The van der Waals surface area contributed by atoms with Crippen LogP contribution in [-0.2, 0) is 4.79 Å². The highest BCUT2D eigenvalue weighted by molar-refractivity contribution is 5.73. The Hall–Kier alpha value is -1.71. The Kier molecular flexibility index (Phi) is 5.67. The van der Waals surface area contributed by atoms with Gasteiger partial charge >= 0.3 is 5.97 Å². The highest BCUT2D eigenvalue weighted by atomic mass is 16.5. The number of aliphatic carboxylic acids is 1. The van der Waals surface area contributed by atoms with E-state index >= 15 is 0 Å². The lowest BCUT2D eigenvalue weighted by Gasteiger charge is -2.23. The number of carboxylic acid groups (broad SMARTS) is 1. The fraction of sp³-hybridized carbons (Fsp3) is 0.533. The Morgan fingerprint density at radius 3 is 2.26 bits per heavy atom. The third-order valence-electron chi connectivity index (χ3n) is 3.36. The van der Waals surface area contributed by atoms with Crippen molar-refractivity contribution in [1.82, 2.24) is 0 Å². The van der Waals surface area contributed by atoms with Gasteiger partial charge in [0.15, 0.2) is 11.5 Å². The van der Waals surface area contributed by atoms with Crippen molar-refractivity contribution in [2.75, 3.05) is 13.2 Å². The molecular formula is C15H22O4. The molecule has 0 spiro atoms. The van der Waals surface area contributed by atoms with Crippen LogP contribution < -0.4 is 9.47 Å². The van der Waals surface area contributed by atoms with E-state index in [1.54, 1.807) is 6.92 Å². The van der Waals surface area contributed by atoms with Gasteiger partial charge in [-0.3, -0.25) is 4.79 Å². The monoisotopic (exact) mass is 266 g/mol. The van der Waals surface area contributed by atoms with Gasteiger partial charge in [0.1, 0.15) is 0 Å². The lowest BCUT2D eigenvalue weighted by molar-refractivity contribution is -0.148. The second kappa shape index (κ2) is 7.02. The van der Waals surface area contributed by atoms with Crippen LogP contribution in [0.3, 0.4) is 0 Å². The molecular weight excluding hydrogens is 244 g/mol. The first-order valence-corrected chi connectivity index (χ1v) is 6.61. The lowest BCUT2D eigenvalue weighted by atomic mass is 9.84. The maximum Gasteiger partial charge on any atom is 0.309 e. The van der Waals surface area contributed by atoms with Crippen molar-refractivity contribution in [3.63, 3.8) is 0 Å². The fourth-order valence-electron chi connectivity index (χ4n) is 1.67. The number of ether oxygens (including phenoxy) is 2. The van der Waals surface area contributed by atoms with Crippen LogP contribution in [0.2, 0.25) is 0 Å². The van der Waals surface area contributed by atoms with Crippen molar-refractivity contribution in [1.29, 1.82) is 0 Å². The number of hydrogen-bond donors (Lipinski definition) is 1. The number of rotatable bonds is 8. The molecule has 4 heteroatoms. The maximum absolute atomic E-state index is 11.2. The van der Waals surface area contributed by atoms with Crippen LogP contribution in [0.25, 0.3) is 0 Å². The molecule has 0 aromatic heterocycles. The number of hydrogen-bond acceptors (Lipinski definition) is 3. The Morgan fingerprint density at radius 2 is 1.79 bits per heavy atom. The molecule has 1 atom stereocenters. The van der Waals surface area contributed by atoms with Crippen molar-refractivity contribution in [2.24, 2.45) is 5.41 Å². The Balaban J connectivity index is 2.60. The van der Waals surface area contributed by atoms with Crippen molar-refractivity contribution in [2.45, 2.75) is 33.6 Å². The first kappa shape index (κ1) is 15.3. The van der Waals surface area contributed by atoms with Crippen LogP contribution in [0.15, 0.2) is 24.3 Å². The van der Waals surface area contributed by atoms with E-state index in [1.165, 1.54) is 0 Å². The molecule has 0 fully saturated rings. The summed E-state index contributed by atoms with van der Waals surface area (Å²) in [6, 6.07) is 7.42. The lowest BCUT2D eigenvalue weighted by Crippen LogP contribution is -2.28. The topological polar surface area (TPSA) is 55.8 Å². The van der Waals surface area contributed by atoms with Gasteiger partial charge in [0, 0.05) is 0 Å². The van der Waals surface area contributed by atoms with Gasteiger partial charge in [-0.05, 0) is 38.8 Å². The minimum Gasteiger partial charge on any atom is -0.490 e. The van der Waals surface area contributed by atoms with Gasteiger partial charge in [0.2, 0.25) is 0 Å². The van der Waals surface area contributed by atoms with Gasteiger partial charge in [0.05, 0.1) is 18.6 Å². The fourth-order valence-corrected chi connectivity index (χ4v) is 1.67. The molecule has 4 nitrogen and oxygen atoms in total. The molecule has 1 N–H and O–H groups in total. The zero-order valence-corrected chi connectivity index (χ0v) is 11.8. The van der Waals surface area contributed by atoms with Crippen molar-refractivity contribution in [3.8, 4) is 11.5 Å². The summed E-state index contributed by atoms with van der Waals surface area (Å²) in [7, 11) is 0. The minimum absolute atomic E-state index is 0.362. The molecule has 0 amide bonds. The highest BCUT2D eigenvalue weighted by Gasteiger charge is 2.30. The number of carbonyl (C=O) groups is 1. The van der Waals surface area contributed by atoms with Gasteiger partial charge in [-0.1, -0.05) is 19.1 Å². The van der Waals surface area contributed by atoms with Gasteiger partial charge in [0.25, 0.3) is 0 Å². The van der Waals surface area contributed by atoms with E-state index in [0.29, 0.717) is 37.6 Å². The molecule has 0 aliphatic rings. The zero-order chi connectivity index (χ0) is 14.3. The number of benzene rings is 1. The largest absolute Gasteiger partial charge is 0.490 e. The van der Waals surface area contributed by atoms with E-state index in [2.05, 4.69) is 0 Å². The number of para-hydroxylation sites is 2. The smallest absolute Gasteiger partial charge is 0.309 e. The first-order chi connectivity index (χ1) is 9.03. The molecule has 0 radical (unpaired) electrons. The van der Waals surface area contributed by atoms with E-state index in [-0.39, 0.29) is 0 Å². The molecule has 1 rings (SSSR count). The van der Waals surface area contributed by atoms with Crippen molar-refractivity contribution < 1.29 is 19.4 Å². The van der Waals surface area contributed by atoms with Crippen LogP contribution in [0.5, 0.6) is 11.5 Å². The predicted octanol–water partition coefficient (Wildman–Crippen LogP) is 3.36. The summed E-state index contributed by atoms with van der Waals surface area (Å²) >= 11 is 0. The summed E-state index contributed by atoms with van der Waals surface area (Å²) in [4.78, 5) is 11.2. The van der Waals surface area contributed by atoms with Crippen LogP contribution in [0.4, 0.5) is 0 Å². The first-order valence-electron chi connectivity index (χ1n) is 6.61. The number of carboxylic acids is 1. The van der Waals surface area contributed by atoms with Crippen LogP contribution in [0, 0.1) is 5.41 Å². The zero-order valence-electron chi connectivity index (χ0n) is 11.8. The van der Waals surface area contributed by atoms with E-state index in [9.17, 15) is 9.90 Å². The molecule has 0 aliphatic carbocycles. The Morgan fingerprint density at radius 1 is 1.21 bits per heavy atom. The summed E-state index contributed by atoms with van der Waals surface area (Å²) in [6.07, 6.45) is 1.05. The Bertz CT molecular complexity index is 416. The summed E-state index contributed by atoms with van der Waals surface area (Å²) in [5, 5.41) is 9.19.